The zero-order chi connectivity index (χ0) is 14.3. The second kappa shape index (κ2) is 5.57. The highest BCUT2D eigenvalue weighted by molar-refractivity contribution is 5.82. The van der Waals surface area contributed by atoms with Gasteiger partial charge in [-0.1, -0.05) is 25.7 Å². The fraction of sp³-hybridized carbons (Fsp3) is 0.944. The van der Waals surface area contributed by atoms with Crippen molar-refractivity contribution >= 4 is 5.91 Å². The number of rotatable bonds is 2. The Bertz CT molecular complexity index is 402. The number of hydrogen-bond donors (Lipinski definition) is 2. The number of carbonyl (C=O) groups excluding carboxylic acids is 1. The third-order valence-corrected chi connectivity index (χ3v) is 6.99. The third-order valence-electron chi connectivity index (χ3n) is 6.99. The van der Waals surface area contributed by atoms with Crippen molar-refractivity contribution in [3.63, 3.8) is 0 Å². The van der Waals surface area contributed by atoms with Gasteiger partial charge in [-0.2, -0.15) is 0 Å². The molecule has 1 saturated heterocycles. The molecular weight excluding hydrogens is 260 g/mol. The number of carbonyl (C=O) groups is 1. The van der Waals surface area contributed by atoms with Crippen LogP contribution in [-0.4, -0.2) is 25.0 Å². The van der Waals surface area contributed by atoms with E-state index in [0.717, 1.165) is 31.3 Å². The summed E-state index contributed by atoms with van der Waals surface area (Å²) in [5.41, 5.74) is 0.386. The van der Waals surface area contributed by atoms with E-state index in [1.165, 1.54) is 57.8 Å². The molecule has 3 aliphatic carbocycles. The average Bonchev–Trinajstić information content (AvgIpc) is 3.21. The summed E-state index contributed by atoms with van der Waals surface area (Å²) in [6.07, 6.45) is 13.1. The van der Waals surface area contributed by atoms with Gasteiger partial charge in [0.2, 0.25) is 5.91 Å². The Labute approximate surface area is 128 Å². The minimum absolute atomic E-state index is 0.337. The number of amides is 1. The lowest BCUT2D eigenvalue weighted by atomic mass is 9.69. The van der Waals surface area contributed by atoms with Crippen molar-refractivity contribution < 1.29 is 4.79 Å². The second-order valence-electron chi connectivity index (χ2n) is 8.19. The van der Waals surface area contributed by atoms with Gasteiger partial charge in [-0.15, -0.1) is 0 Å². The first-order valence-corrected chi connectivity index (χ1v) is 9.28. The van der Waals surface area contributed by atoms with E-state index in [-0.39, 0.29) is 0 Å². The van der Waals surface area contributed by atoms with Crippen molar-refractivity contribution in [1.29, 1.82) is 0 Å². The van der Waals surface area contributed by atoms with E-state index < -0.39 is 0 Å². The van der Waals surface area contributed by atoms with Gasteiger partial charge < -0.3 is 10.6 Å². The van der Waals surface area contributed by atoms with E-state index in [1.807, 2.05) is 0 Å². The Morgan fingerprint density at radius 2 is 1.76 bits per heavy atom. The Morgan fingerprint density at radius 3 is 2.57 bits per heavy atom. The highest BCUT2D eigenvalue weighted by Gasteiger charge is 2.57. The molecule has 0 bridgehead atoms. The fourth-order valence-electron chi connectivity index (χ4n) is 5.50. The molecule has 3 heteroatoms. The van der Waals surface area contributed by atoms with Crippen molar-refractivity contribution in [3.05, 3.63) is 0 Å². The molecular formula is C18H30N2O. The zero-order valence-electron chi connectivity index (χ0n) is 13.2. The summed E-state index contributed by atoms with van der Waals surface area (Å²) in [5, 5.41) is 6.85. The van der Waals surface area contributed by atoms with Gasteiger partial charge in [0.25, 0.3) is 0 Å². The van der Waals surface area contributed by atoms with Crippen LogP contribution in [0.1, 0.15) is 64.2 Å². The van der Waals surface area contributed by atoms with Crippen LogP contribution >= 0.6 is 0 Å². The Balaban J connectivity index is 1.29. The van der Waals surface area contributed by atoms with E-state index in [1.54, 1.807) is 0 Å². The molecule has 4 atom stereocenters. The van der Waals surface area contributed by atoms with Gasteiger partial charge in [-0.05, 0) is 68.9 Å². The first-order chi connectivity index (χ1) is 10.3. The normalized spacial score (nSPS) is 41.3. The topological polar surface area (TPSA) is 41.1 Å². The minimum atomic E-state index is 0.337. The van der Waals surface area contributed by atoms with Gasteiger partial charge in [-0.25, -0.2) is 0 Å². The highest BCUT2D eigenvalue weighted by atomic mass is 16.2. The molecule has 1 amide bonds. The van der Waals surface area contributed by atoms with Crippen LogP contribution < -0.4 is 10.6 Å². The zero-order valence-corrected chi connectivity index (χ0v) is 13.2. The van der Waals surface area contributed by atoms with Crippen LogP contribution in [0, 0.1) is 23.2 Å². The molecule has 0 aromatic heterocycles. The third kappa shape index (κ3) is 2.74. The SMILES string of the molecule is O=C(NC1CCC2CCCCC2C1)C1CC12CCNCC2. The van der Waals surface area contributed by atoms with Crippen LogP contribution in [0.15, 0.2) is 0 Å². The van der Waals surface area contributed by atoms with Crippen molar-refractivity contribution in [2.24, 2.45) is 23.2 Å². The monoisotopic (exact) mass is 290 g/mol. The summed E-state index contributed by atoms with van der Waals surface area (Å²) in [4.78, 5) is 12.6. The molecule has 4 rings (SSSR count). The number of hydrogen-bond acceptors (Lipinski definition) is 2. The van der Waals surface area contributed by atoms with E-state index in [9.17, 15) is 4.79 Å². The molecule has 1 heterocycles. The maximum atomic E-state index is 12.6. The van der Waals surface area contributed by atoms with Crippen molar-refractivity contribution in [1.82, 2.24) is 10.6 Å². The van der Waals surface area contributed by atoms with Crippen LogP contribution in [0.5, 0.6) is 0 Å². The van der Waals surface area contributed by atoms with E-state index in [2.05, 4.69) is 10.6 Å². The van der Waals surface area contributed by atoms with Gasteiger partial charge >= 0.3 is 0 Å². The van der Waals surface area contributed by atoms with Gasteiger partial charge in [-0.3, -0.25) is 4.79 Å². The first-order valence-electron chi connectivity index (χ1n) is 9.28. The molecule has 118 valence electrons. The molecule has 4 fully saturated rings. The van der Waals surface area contributed by atoms with Crippen molar-refractivity contribution in [3.8, 4) is 0 Å². The van der Waals surface area contributed by atoms with Crippen LogP contribution in [0.4, 0.5) is 0 Å². The van der Waals surface area contributed by atoms with E-state index >= 15 is 0 Å². The molecule has 4 aliphatic rings. The summed E-state index contributed by atoms with van der Waals surface area (Å²) in [5.74, 6) is 2.60. The molecule has 3 saturated carbocycles. The highest BCUT2D eigenvalue weighted by Crippen LogP contribution is 2.58. The minimum Gasteiger partial charge on any atom is -0.353 e. The number of piperidine rings is 1. The lowest BCUT2D eigenvalue weighted by molar-refractivity contribution is -0.124. The fourth-order valence-corrected chi connectivity index (χ4v) is 5.50. The van der Waals surface area contributed by atoms with Crippen LogP contribution in [0.25, 0.3) is 0 Å². The quantitative estimate of drug-likeness (QED) is 0.821. The Morgan fingerprint density at radius 1 is 1.00 bits per heavy atom. The summed E-state index contributed by atoms with van der Waals surface area (Å²) < 4.78 is 0. The standard InChI is InChI=1S/C18H30N2O/c21-17(16-12-18(16)7-9-19-10-8-18)20-15-6-5-13-3-1-2-4-14(13)11-15/h13-16,19H,1-12H2,(H,20,21). The molecule has 0 aromatic carbocycles. The van der Waals surface area contributed by atoms with Gasteiger partial charge in [0, 0.05) is 12.0 Å². The number of fused-ring (bicyclic) bond motifs is 1. The molecule has 0 radical (unpaired) electrons. The summed E-state index contributed by atoms with van der Waals surface area (Å²) >= 11 is 0. The van der Waals surface area contributed by atoms with Gasteiger partial charge in [0.1, 0.15) is 0 Å². The lowest BCUT2D eigenvalue weighted by Crippen LogP contribution is -2.43. The lowest BCUT2D eigenvalue weighted by Gasteiger charge is -2.39. The summed E-state index contributed by atoms with van der Waals surface area (Å²) in [6.45, 7) is 2.22. The van der Waals surface area contributed by atoms with Crippen LogP contribution in [-0.2, 0) is 4.79 Å². The van der Waals surface area contributed by atoms with E-state index in [0.29, 0.717) is 23.3 Å². The smallest absolute Gasteiger partial charge is 0.223 e. The summed E-state index contributed by atoms with van der Waals surface area (Å²) in [7, 11) is 0. The molecule has 2 N–H and O–H groups in total. The van der Waals surface area contributed by atoms with Gasteiger partial charge in [0.05, 0.1) is 0 Å². The molecule has 21 heavy (non-hydrogen) atoms. The molecule has 1 aliphatic heterocycles. The van der Waals surface area contributed by atoms with Crippen LogP contribution in [0.2, 0.25) is 0 Å². The van der Waals surface area contributed by atoms with Crippen molar-refractivity contribution in [2.45, 2.75) is 70.3 Å². The van der Waals surface area contributed by atoms with Crippen LogP contribution in [0.3, 0.4) is 0 Å². The molecule has 3 nitrogen and oxygen atoms in total. The second-order valence-corrected chi connectivity index (χ2v) is 8.19. The Hall–Kier alpha value is -0.570. The first kappa shape index (κ1) is 14.0. The maximum absolute atomic E-state index is 12.6. The molecule has 0 aromatic rings. The predicted molar refractivity (Wildman–Crippen MR) is 83.9 cm³/mol. The predicted octanol–water partition coefficient (Wildman–Crippen LogP) is 2.85. The Kier molecular flexibility index (Phi) is 3.72. The largest absolute Gasteiger partial charge is 0.353 e. The molecule has 1 spiro atoms. The molecule has 4 unspecified atom stereocenters. The van der Waals surface area contributed by atoms with Crippen molar-refractivity contribution in [2.75, 3.05) is 13.1 Å². The maximum Gasteiger partial charge on any atom is 0.223 e. The summed E-state index contributed by atoms with van der Waals surface area (Å²) in [6, 6.07) is 0.483. The van der Waals surface area contributed by atoms with E-state index in [4.69, 9.17) is 0 Å². The van der Waals surface area contributed by atoms with Gasteiger partial charge in [0.15, 0.2) is 0 Å². The number of nitrogens with one attached hydrogen (secondary N) is 2. The average molecular weight is 290 g/mol.